The van der Waals surface area contributed by atoms with E-state index in [2.05, 4.69) is 56.3 Å². The molecular formula is C16H23N3. The first-order valence-corrected chi connectivity index (χ1v) is 6.83. The Balaban J connectivity index is 2.51. The molecule has 1 atom stereocenters. The van der Waals surface area contributed by atoms with Crippen molar-refractivity contribution in [2.75, 3.05) is 6.54 Å². The van der Waals surface area contributed by atoms with Gasteiger partial charge in [-0.3, -0.25) is 4.68 Å². The molecule has 0 aliphatic rings. The van der Waals surface area contributed by atoms with Crippen molar-refractivity contribution >= 4 is 0 Å². The van der Waals surface area contributed by atoms with E-state index in [1.54, 1.807) is 0 Å². The Bertz CT molecular complexity index is 569. The molecule has 3 heteroatoms. The average Bonchev–Trinajstić information content (AvgIpc) is 2.71. The van der Waals surface area contributed by atoms with Gasteiger partial charge >= 0.3 is 0 Å². The van der Waals surface area contributed by atoms with Crippen molar-refractivity contribution in [2.45, 2.75) is 33.7 Å². The van der Waals surface area contributed by atoms with Crippen LogP contribution in [0.15, 0.2) is 24.4 Å². The van der Waals surface area contributed by atoms with Gasteiger partial charge in [0.25, 0.3) is 0 Å². The van der Waals surface area contributed by atoms with Gasteiger partial charge in [0.1, 0.15) is 0 Å². The fourth-order valence-electron chi connectivity index (χ4n) is 2.46. The van der Waals surface area contributed by atoms with Crippen LogP contribution in [-0.4, -0.2) is 16.3 Å². The van der Waals surface area contributed by atoms with E-state index >= 15 is 0 Å². The summed E-state index contributed by atoms with van der Waals surface area (Å²) in [6, 6.07) is 6.85. The summed E-state index contributed by atoms with van der Waals surface area (Å²) in [5, 5.41) is 7.96. The Labute approximate surface area is 115 Å². The molecule has 1 aromatic heterocycles. The smallest absolute Gasteiger partial charge is 0.0613 e. The maximum Gasteiger partial charge on any atom is 0.0613 e. The largest absolute Gasteiger partial charge is 0.306 e. The van der Waals surface area contributed by atoms with Crippen molar-refractivity contribution in [1.29, 1.82) is 0 Å². The van der Waals surface area contributed by atoms with Crippen molar-refractivity contribution < 1.29 is 0 Å². The Hall–Kier alpha value is -1.61. The van der Waals surface area contributed by atoms with Crippen molar-refractivity contribution in [3.05, 3.63) is 52.3 Å². The minimum absolute atomic E-state index is 0.221. The molecule has 1 unspecified atom stereocenters. The Kier molecular flexibility index (Phi) is 4.05. The standard InChI is InChI=1S/C16H23N3/c1-6-17-16(15-10-18-19(5)13(15)4)14-9-11(2)7-8-12(14)3/h7-10,16-17H,6H2,1-5H3. The summed E-state index contributed by atoms with van der Waals surface area (Å²) in [4.78, 5) is 0. The average molecular weight is 257 g/mol. The molecule has 2 rings (SSSR count). The van der Waals surface area contributed by atoms with Gasteiger partial charge in [0.2, 0.25) is 0 Å². The second-order valence-corrected chi connectivity index (χ2v) is 5.16. The van der Waals surface area contributed by atoms with Crippen LogP contribution in [0.4, 0.5) is 0 Å². The Morgan fingerprint density at radius 2 is 1.95 bits per heavy atom. The fraction of sp³-hybridized carbons (Fsp3) is 0.438. The van der Waals surface area contributed by atoms with Crippen molar-refractivity contribution in [3.63, 3.8) is 0 Å². The van der Waals surface area contributed by atoms with Gasteiger partial charge in [-0.2, -0.15) is 5.10 Å². The summed E-state index contributed by atoms with van der Waals surface area (Å²) in [5.41, 5.74) is 6.44. The first kappa shape index (κ1) is 13.8. The number of aromatic nitrogens is 2. The van der Waals surface area contributed by atoms with Gasteiger partial charge < -0.3 is 5.32 Å². The van der Waals surface area contributed by atoms with Crippen molar-refractivity contribution in [2.24, 2.45) is 7.05 Å². The quantitative estimate of drug-likeness (QED) is 0.912. The highest BCUT2D eigenvalue weighted by Gasteiger charge is 2.19. The van der Waals surface area contributed by atoms with E-state index in [1.165, 1.54) is 27.9 Å². The van der Waals surface area contributed by atoms with Gasteiger partial charge in [-0.05, 0) is 38.4 Å². The molecule has 0 bridgehead atoms. The van der Waals surface area contributed by atoms with E-state index in [9.17, 15) is 0 Å². The summed E-state index contributed by atoms with van der Waals surface area (Å²) in [5.74, 6) is 0. The molecule has 1 heterocycles. The molecule has 1 aromatic carbocycles. The van der Waals surface area contributed by atoms with E-state index in [0.717, 1.165) is 6.54 Å². The van der Waals surface area contributed by atoms with Crippen LogP contribution >= 0.6 is 0 Å². The van der Waals surface area contributed by atoms with Crippen LogP contribution in [0.5, 0.6) is 0 Å². The maximum absolute atomic E-state index is 4.37. The van der Waals surface area contributed by atoms with E-state index in [0.29, 0.717) is 0 Å². The number of rotatable bonds is 4. The molecular weight excluding hydrogens is 234 g/mol. The molecule has 0 radical (unpaired) electrons. The number of hydrogen-bond donors (Lipinski definition) is 1. The zero-order valence-electron chi connectivity index (χ0n) is 12.5. The van der Waals surface area contributed by atoms with Crippen LogP contribution in [0.2, 0.25) is 0 Å². The van der Waals surface area contributed by atoms with Crippen LogP contribution in [0.3, 0.4) is 0 Å². The number of hydrogen-bond acceptors (Lipinski definition) is 2. The second-order valence-electron chi connectivity index (χ2n) is 5.16. The molecule has 0 saturated carbocycles. The molecule has 2 aromatic rings. The minimum Gasteiger partial charge on any atom is -0.306 e. The number of nitrogens with zero attached hydrogens (tertiary/aromatic N) is 2. The summed E-state index contributed by atoms with van der Waals surface area (Å²) in [7, 11) is 1.99. The van der Waals surface area contributed by atoms with Gasteiger partial charge in [0, 0.05) is 18.3 Å². The summed E-state index contributed by atoms with van der Waals surface area (Å²) in [6.07, 6.45) is 1.98. The third-order valence-corrected chi connectivity index (χ3v) is 3.74. The van der Waals surface area contributed by atoms with Gasteiger partial charge in [-0.25, -0.2) is 0 Å². The number of nitrogens with one attached hydrogen (secondary N) is 1. The van der Waals surface area contributed by atoms with Crippen LogP contribution in [0.1, 0.15) is 40.9 Å². The minimum atomic E-state index is 0.221. The van der Waals surface area contributed by atoms with Crippen LogP contribution in [-0.2, 0) is 7.05 Å². The molecule has 0 fully saturated rings. The molecule has 0 amide bonds. The summed E-state index contributed by atoms with van der Waals surface area (Å²) < 4.78 is 1.94. The molecule has 0 spiro atoms. The van der Waals surface area contributed by atoms with Gasteiger partial charge in [0.05, 0.1) is 12.2 Å². The zero-order chi connectivity index (χ0) is 14.0. The highest BCUT2D eigenvalue weighted by molar-refractivity contribution is 5.39. The lowest BCUT2D eigenvalue weighted by Crippen LogP contribution is -2.23. The molecule has 1 N–H and O–H groups in total. The first-order valence-electron chi connectivity index (χ1n) is 6.83. The molecule has 19 heavy (non-hydrogen) atoms. The molecule has 0 saturated heterocycles. The van der Waals surface area contributed by atoms with Crippen LogP contribution in [0.25, 0.3) is 0 Å². The molecule has 102 valence electrons. The van der Waals surface area contributed by atoms with E-state index < -0.39 is 0 Å². The fourth-order valence-corrected chi connectivity index (χ4v) is 2.46. The second kappa shape index (κ2) is 5.57. The maximum atomic E-state index is 4.37. The number of aryl methyl sites for hydroxylation is 3. The SMILES string of the molecule is CCNC(c1cc(C)ccc1C)c1cnn(C)c1C. The molecule has 0 aliphatic carbocycles. The third-order valence-electron chi connectivity index (χ3n) is 3.74. The lowest BCUT2D eigenvalue weighted by Gasteiger charge is -2.21. The topological polar surface area (TPSA) is 29.9 Å². The Morgan fingerprint density at radius 1 is 1.21 bits per heavy atom. The van der Waals surface area contributed by atoms with Crippen molar-refractivity contribution in [3.8, 4) is 0 Å². The van der Waals surface area contributed by atoms with E-state index in [4.69, 9.17) is 0 Å². The highest BCUT2D eigenvalue weighted by atomic mass is 15.3. The summed E-state index contributed by atoms with van der Waals surface area (Å²) in [6.45, 7) is 9.51. The first-order chi connectivity index (χ1) is 9.04. The normalized spacial score (nSPS) is 12.7. The Morgan fingerprint density at radius 3 is 2.53 bits per heavy atom. The predicted octanol–water partition coefficient (Wildman–Crippen LogP) is 3.04. The highest BCUT2D eigenvalue weighted by Crippen LogP contribution is 2.27. The van der Waals surface area contributed by atoms with Gasteiger partial charge in [-0.1, -0.05) is 30.7 Å². The van der Waals surface area contributed by atoms with E-state index in [1.807, 2.05) is 17.9 Å². The van der Waals surface area contributed by atoms with Crippen LogP contribution < -0.4 is 5.32 Å². The van der Waals surface area contributed by atoms with Crippen LogP contribution in [0, 0.1) is 20.8 Å². The summed E-state index contributed by atoms with van der Waals surface area (Å²) >= 11 is 0. The van der Waals surface area contributed by atoms with Gasteiger partial charge in [0.15, 0.2) is 0 Å². The zero-order valence-corrected chi connectivity index (χ0v) is 12.5. The van der Waals surface area contributed by atoms with Gasteiger partial charge in [-0.15, -0.1) is 0 Å². The predicted molar refractivity (Wildman–Crippen MR) is 79.4 cm³/mol. The lowest BCUT2D eigenvalue weighted by atomic mass is 9.94. The number of benzene rings is 1. The molecule has 0 aliphatic heterocycles. The van der Waals surface area contributed by atoms with Crippen molar-refractivity contribution in [1.82, 2.24) is 15.1 Å². The lowest BCUT2D eigenvalue weighted by molar-refractivity contribution is 0.621. The molecule has 3 nitrogen and oxygen atoms in total. The van der Waals surface area contributed by atoms with E-state index in [-0.39, 0.29) is 6.04 Å². The third kappa shape index (κ3) is 2.71. The monoisotopic (exact) mass is 257 g/mol.